The van der Waals surface area contributed by atoms with Crippen molar-refractivity contribution in [3.8, 4) is 0 Å². The lowest BCUT2D eigenvalue weighted by Crippen LogP contribution is -2.41. The van der Waals surface area contributed by atoms with Gasteiger partial charge in [0.25, 0.3) is 0 Å². The molecule has 1 aromatic heterocycles. The van der Waals surface area contributed by atoms with Gasteiger partial charge in [0.2, 0.25) is 5.91 Å². The summed E-state index contributed by atoms with van der Waals surface area (Å²) in [5.74, 6) is -1.37. The van der Waals surface area contributed by atoms with Crippen LogP contribution in [-0.2, 0) is 29.0 Å². The van der Waals surface area contributed by atoms with Gasteiger partial charge in [-0.05, 0) is 55.5 Å². The number of anilines is 1. The fourth-order valence-corrected chi connectivity index (χ4v) is 4.84. The SMILES string of the molecule is CCCC1(C(=O)Nc2cccc(F)c2)CCc2c(c3ccccc3n2CC(=O)O)C1. The topological polar surface area (TPSA) is 71.3 Å². The van der Waals surface area contributed by atoms with E-state index in [1.807, 2.05) is 28.8 Å². The lowest BCUT2D eigenvalue weighted by atomic mass is 9.69. The molecule has 1 aliphatic carbocycles. The predicted octanol–water partition coefficient (Wildman–Crippen LogP) is 4.78. The van der Waals surface area contributed by atoms with E-state index in [9.17, 15) is 19.1 Å². The van der Waals surface area contributed by atoms with Crippen LogP contribution in [0, 0.1) is 11.2 Å². The number of hydrogen-bond donors (Lipinski definition) is 2. The van der Waals surface area contributed by atoms with Gasteiger partial charge >= 0.3 is 5.97 Å². The van der Waals surface area contributed by atoms with Crippen LogP contribution in [0.1, 0.15) is 37.4 Å². The molecule has 0 spiro atoms. The second-order valence-electron chi connectivity index (χ2n) is 8.09. The number of carboxylic acids is 1. The van der Waals surface area contributed by atoms with Crippen molar-refractivity contribution in [2.45, 2.75) is 45.6 Å². The molecule has 156 valence electrons. The highest BCUT2D eigenvalue weighted by Crippen LogP contribution is 2.44. The van der Waals surface area contributed by atoms with Crippen molar-refractivity contribution in [2.75, 3.05) is 5.32 Å². The molecule has 0 bridgehead atoms. The maximum Gasteiger partial charge on any atom is 0.323 e. The van der Waals surface area contributed by atoms with Crippen LogP contribution in [0.5, 0.6) is 0 Å². The van der Waals surface area contributed by atoms with Crippen LogP contribution in [-0.4, -0.2) is 21.6 Å². The molecule has 0 radical (unpaired) electrons. The van der Waals surface area contributed by atoms with Crippen molar-refractivity contribution in [2.24, 2.45) is 5.41 Å². The van der Waals surface area contributed by atoms with Crippen LogP contribution >= 0.6 is 0 Å². The Kier molecular flexibility index (Phi) is 5.33. The van der Waals surface area contributed by atoms with Gasteiger partial charge < -0.3 is 15.0 Å². The van der Waals surface area contributed by atoms with Crippen molar-refractivity contribution in [1.29, 1.82) is 0 Å². The van der Waals surface area contributed by atoms with E-state index in [0.29, 0.717) is 31.4 Å². The number of amides is 1. The Balaban J connectivity index is 1.74. The number of aliphatic carboxylic acids is 1. The summed E-state index contributed by atoms with van der Waals surface area (Å²) in [6.45, 7) is 1.96. The lowest BCUT2D eigenvalue weighted by Gasteiger charge is -2.36. The largest absolute Gasteiger partial charge is 0.480 e. The number of carbonyl (C=O) groups is 2. The van der Waals surface area contributed by atoms with E-state index in [1.165, 1.54) is 12.1 Å². The zero-order valence-electron chi connectivity index (χ0n) is 17.0. The van der Waals surface area contributed by atoms with Crippen molar-refractivity contribution >= 4 is 28.5 Å². The van der Waals surface area contributed by atoms with Crippen LogP contribution in [0.2, 0.25) is 0 Å². The summed E-state index contributed by atoms with van der Waals surface area (Å²) in [4.78, 5) is 24.8. The standard InChI is InChI=1S/C24H25FN2O3/c1-2-11-24(23(30)26-17-7-5-6-16(25)13-17)12-10-21-19(14-24)18-8-3-4-9-20(18)27(21)15-22(28)29/h3-9,13H,2,10-12,14-15H2,1H3,(H,26,30)(H,28,29). The average Bonchev–Trinajstić information content (AvgIpc) is 3.01. The minimum atomic E-state index is -0.882. The molecule has 1 amide bonds. The fraction of sp³-hybridized carbons (Fsp3) is 0.333. The highest BCUT2D eigenvalue weighted by atomic mass is 19.1. The molecular weight excluding hydrogens is 383 g/mol. The van der Waals surface area contributed by atoms with Crippen LogP contribution < -0.4 is 5.32 Å². The molecule has 3 aromatic rings. The Morgan fingerprint density at radius 1 is 1.20 bits per heavy atom. The van der Waals surface area contributed by atoms with Gasteiger partial charge in [0.15, 0.2) is 0 Å². The maximum atomic E-state index is 13.6. The number of aromatic nitrogens is 1. The van der Waals surface area contributed by atoms with Gasteiger partial charge in [-0.25, -0.2) is 4.39 Å². The second kappa shape index (κ2) is 7.94. The number of rotatable bonds is 6. The van der Waals surface area contributed by atoms with E-state index in [1.54, 1.807) is 12.1 Å². The molecule has 0 saturated heterocycles. The molecule has 6 heteroatoms. The highest BCUT2D eigenvalue weighted by Gasteiger charge is 2.42. The summed E-state index contributed by atoms with van der Waals surface area (Å²) >= 11 is 0. The third-order valence-electron chi connectivity index (χ3n) is 6.14. The van der Waals surface area contributed by atoms with E-state index < -0.39 is 11.4 Å². The van der Waals surface area contributed by atoms with Gasteiger partial charge in [0, 0.05) is 22.3 Å². The first-order valence-corrected chi connectivity index (χ1v) is 10.3. The summed E-state index contributed by atoms with van der Waals surface area (Å²) in [6, 6.07) is 13.7. The molecule has 1 atom stereocenters. The fourth-order valence-electron chi connectivity index (χ4n) is 4.84. The molecule has 1 aliphatic rings. The molecular formula is C24H25FN2O3. The third kappa shape index (κ3) is 3.58. The molecule has 1 unspecified atom stereocenters. The molecule has 2 aromatic carbocycles. The number of carbonyl (C=O) groups excluding carboxylic acids is 1. The first kappa shape index (κ1) is 20.1. The zero-order valence-corrected chi connectivity index (χ0v) is 17.0. The summed E-state index contributed by atoms with van der Waals surface area (Å²) in [7, 11) is 0. The average molecular weight is 408 g/mol. The third-order valence-corrected chi connectivity index (χ3v) is 6.14. The van der Waals surface area contributed by atoms with Crippen LogP contribution in [0.25, 0.3) is 10.9 Å². The molecule has 4 rings (SSSR count). The van der Waals surface area contributed by atoms with Crippen molar-refractivity contribution in [3.05, 3.63) is 65.6 Å². The maximum absolute atomic E-state index is 13.6. The molecule has 2 N–H and O–H groups in total. The molecule has 1 heterocycles. The van der Waals surface area contributed by atoms with E-state index in [-0.39, 0.29) is 18.3 Å². The number of benzene rings is 2. The predicted molar refractivity (Wildman–Crippen MR) is 114 cm³/mol. The van der Waals surface area contributed by atoms with E-state index >= 15 is 0 Å². The van der Waals surface area contributed by atoms with Gasteiger partial charge in [-0.15, -0.1) is 0 Å². The number of halogens is 1. The Labute approximate surface area is 174 Å². The number of fused-ring (bicyclic) bond motifs is 3. The van der Waals surface area contributed by atoms with Crippen LogP contribution in [0.15, 0.2) is 48.5 Å². The minimum absolute atomic E-state index is 0.0912. The number of para-hydroxylation sites is 1. The molecule has 5 nitrogen and oxygen atoms in total. The van der Waals surface area contributed by atoms with E-state index in [4.69, 9.17) is 0 Å². The first-order valence-electron chi connectivity index (χ1n) is 10.3. The van der Waals surface area contributed by atoms with E-state index in [2.05, 4.69) is 12.2 Å². The molecule has 0 fully saturated rings. The molecule has 0 saturated carbocycles. The van der Waals surface area contributed by atoms with Gasteiger partial charge in [-0.3, -0.25) is 9.59 Å². The smallest absolute Gasteiger partial charge is 0.323 e. The first-order chi connectivity index (χ1) is 14.4. The van der Waals surface area contributed by atoms with Gasteiger partial charge in [0.05, 0.1) is 5.41 Å². The Morgan fingerprint density at radius 3 is 2.73 bits per heavy atom. The molecule has 0 aliphatic heterocycles. The van der Waals surface area contributed by atoms with Crippen molar-refractivity contribution in [1.82, 2.24) is 4.57 Å². The summed E-state index contributed by atoms with van der Waals surface area (Å²) in [6.07, 6.45) is 3.37. The Morgan fingerprint density at radius 2 is 2.00 bits per heavy atom. The van der Waals surface area contributed by atoms with Crippen molar-refractivity contribution < 1.29 is 19.1 Å². The Hall–Kier alpha value is -3.15. The summed E-state index contributed by atoms with van der Waals surface area (Å²) in [5, 5.41) is 13.3. The van der Waals surface area contributed by atoms with Gasteiger partial charge in [-0.2, -0.15) is 0 Å². The second-order valence-corrected chi connectivity index (χ2v) is 8.09. The van der Waals surface area contributed by atoms with Gasteiger partial charge in [-0.1, -0.05) is 37.6 Å². The summed E-state index contributed by atoms with van der Waals surface area (Å²) < 4.78 is 15.4. The highest BCUT2D eigenvalue weighted by molar-refractivity contribution is 5.97. The lowest BCUT2D eigenvalue weighted by molar-refractivity contribution is -0.137. The monoisotopic (exact) mass is 408 g/mol. The van der Waals surface area contributed by atoms with Crippen LogP contribution in [0.3, 0.4) is 0 Å². The summed E-state index contributed by atoms with van der Waals surface area (Å²) in [5.41, 5.74) is 2.80. The molecule has 30 heavy (non-hydrogen) atoms. The number of carboxylic acid groups (broad SMARTS) is 1. The Bertz CT molecular complexity index is 1120. The normalized spacial score (nSPS) is 18.2. The van der Waals surface area contributed by atoms with E-state index in [0.717, 1.165) is 28.6 Å². The van der Waals surface area contributed by atoms with Crippen molar-refractivity contribution in [3.63, 3.8) is 0 Å². The number of nitrogens with zero attached hydrogens (tertiary/aromatic N) is 1. The quantitative estimate of drug-likeness (QED) is 0.617. The van der Waals surface area contributed by atoms with Gasteiger partial charge in [0.1, 0.15) is 12.4 Å². The number of hydrogen-bond acceptors (Lipinski definition) is 2. The van der Waals surface area contributed by atoms with Crippen LogP contribution in [0.4, 0.5) is 10.1 Å². The minimum Gasteiger partial charge on any atom is -0.480 e. The number of nitrogens with one attached hydrogen (secondary N) is 1. The zero-order chi connectivity index (χ0) is 21.3.